The third kappa shape index (κ3) is 18.8. The molecule has 2 amide bonds. The first-order valence-corrected chi connectivity index (χ1v) is 32.4. The number of methoxy groups -OCH3 is 3. The van der Waals surface area contributed by atoms with Crippen molar-refractivity contribution in [1.29, 1.82) is 0 Å². The maximum absolute atomic E-state index is 14.6. The van der Waals surface area contributed by atoms with E-state index in [0.717, 1.165) is 10.5 Å². The van der Waals surface area contributed by atoms with Crippen LogP contribution in [-0.2, 0) is 61.6 Å². The highest BCUT2D eigenvalue weighted by molar-refractivity contribution is 7.77. The number of anilines is 1. The van der Waals surface area contributed by atoms with Crippen LogP contribution in [0, 0.1) is 41.4 Å². The number of aliphatic hydroxyl groups excluding tert-OH is 1. The highest BCUT2D eigenvalue weighted by atomic mass is 31.2. The zero-order valence-corrected chi connectivity index (χ0v) is 51.1. The second-order valence-electron chi connectivity index (χ2n) is 23.6. The van der Waals surface area contributed by atoms with Gasteiger partial charge in [0.05, 0.1) is 18.3 Å². The Hall–Kier alpha value is -4.30. The molecule has 1 aromatic rings. The molecule has 2 bridgehead atoms. The number of ketones is 3. The van der Waals surface area contributed by atoms with Crippen LogP contribution in [0.15, 0.2) is 71.9 Å². The van der Waals surface area contributed by atoms with Crippen molar-refractivity contribution in [3.63, 3.8) is 0 Å². The number of hydrogen-bond acceptors (Lipinski definition) is 15. The van der Waals surface area contributed by atoms with Crippen LogP contribution in [0.2, 0.25) is 0 Å². The maximum Gasteiger partial charge on any atom is 0.335 e. The van der Waals surface area contributed by atoms with Crippen molar-refractivity contribution in [3.05, 3.63) is 71.9 Å². The molecule has 4 aliphatic rings. The molecule has 0 spiro atoms. The highest BCUT2D eigenvalue weighted by Gasteiger charge is 2.53. The summed E-state index contributed by atoms with van der Waals surface area (Å²) >= 11 is 0. The van der Waals surface area contributed by atoms with Gasteiger partial charge in [0.2, 0.25) is 19.1 Å². The molecule has 0 radical (unpaired) electrons. The molecule has 458 valence electrons. The van der Waals surface area contributed by atoms with Gasteiger partial charge in [-0.1, -0.05) is 71.1 Å². The Balaban J connectivity index is 1.40. The van der Waals surface area contributed by atoms with E-state index in [0.29, 0.717) is 69.0 Å². The number of rotatable bonds is 12. The number of amides is 2. The van der Waals surface area contributed by atoms with Gasteiger partial charge in [-0.05, 0) is 137 Å². The van der Waals surface area contributed by atoms with Gasteiger partial charge < -0.3 is 58.8 Å². The van der Waals surface area contributed by atoms with E-state index in [1.807, 2.05) is 51.2 Å². The molecule has 0 aromatic heterocycles. The predicted molar refractivity (Wildman–Crippen MR) is 309 cm³/mol. The molecule has 6 N–H and O–H groups in total. The number of nitrogens with zero attached hydrogens (tertiary/aromatic N) is 1. The number of nitrogens with one attached hydrogen (secondary N) is 1. The van der Waals surface area contributed by atoms with Gasteiger partial charge >= 0.3 is 13.6 Å². The number of hydrogen-bond donors (Lipinski definition) is 6. The largest absolute Gasteiger partial charge is 0.460 e. The number of carbonyl (C=O) groups excluding carboxylic acids is 6. The van der Waals surface area contributed by atoms with Crippen molar-refractivity contribution in [1.82, 2.24) is 4.90 Å². The lowest BCUT2D eigenvalue weighted by atomic mass is 9.74. The summed E-state index contributed by atoms with van der Waals surface area (Å²) in [6, 6.07) is 4.02. The van der Waals surface area contributed by atoms with E-state index in [9.17, 15) is 62.8 Å². The normalized spacial score (nSPS) is 35.4. The first-order chi connectivity index (χ1) is 38.5. The second kappa shape index (κ2) is 30.7. The van der Waals surface area contributed by atoms with Gasteiger partial charge in [0.1, 0.15) is 36.0 Å². The molecule has 1 saturated carbocycles. The number of allylic oxidation sites excluding steroid dienone is 6. The molecule has 1 unspecified atom stereocenters. The minimum Gasteiger partial charge on any atom is -0.460 e. The van der Waals surface area contributed by atoms with Crippen LogP contribution < -0.4 is 10.6 Å². The van der Waals surface area contributed by atoms with Crippen LogP contribution in [0.25, 0.3) is 0 Å². The minimum absolute atomic E-state index is 0.0134. The quantitative estimate of drug-likeness (QED) is 0.0511. The fourth-order valence-corrected chi connectivity index (χ4v) is 15.3. The average molecular weight is 1190 g/mol. The monoisotopic (exact) mass is 1190 g/mol. The number of ether oxygens (including phenoxy) is 5. The van der Waals surface area contributed by atoms with Crippen molar-refractivity contribution < 1.29 is 86.5 Å². The molecule has 3 fully saturated rings. The molecule has 2 saturated heterocycles. The van der Waals surface area contributed by atoms with E-state index in [4.69, 9.17) is 23.7 Å². The van der Waals surface area contributed by atoms with Crippen molar-refractivity contribution in [3.8, 4) is 0 Å². The summed E-state index contributed by atoms with van der Waals surface area (Å²) in [7, 11) is -4.67. The standard InChI is InChI=1S/C60H90N2O18P2/c1-36-16-12-11-13-17-37(2)50(76-8)33-46-24-19-42(7)60(70,80-46)57(67)58(68)62-27-15-14-18-48(62)59(69)79-51(34-49(63)38(3)29-41(6)55(66)56(78-10)54(65)40(5)28-36)39(4)30-43-20-21-44(52(31-43)77-9)32-53(64)61-45-22-25-47(26-23-45)81(71,72)35-82(73,74)75/h11-13,16-17,22-23,25-26,29,36,38-40,42-44,46,48,50-52,55-56,66,70H,14-15,18-21,24,27-28,30-35H2,1-10H3,(H,61,64)(H,71,72)(H2,73,74,75)/b13-11+,16-12+,37-17+,41-29+/t36-,38-,39-,40-,42-,43+,44+,46+,48+,50+,51+,52-,55-,56+,60-/m1/s1. The van der Waals surface area contributed by atoms with E-state index in [1.165, 1.54) is 31.4 Å². The summed E-state index contributed by atoms with van der Waals surface area (Å²) in [5.74, 6) is -10.5. The Kier molecular flexibility index (Phi) is 25.6. The number of cyclic esters (lactones) is 1. The summed E-state index contributed by atoms with van der Waals surface area (Å²) in [4.78, 5) is 115. The van der Waals surface area contributed by atoms with E-state index < -0.39 is 105 Å². The third-order valence-electron chi connectivity index (χ3n) is 17.0. The van der Waals surface area contributed by atoms with Crippen LogP contribution in [-0.4, -0.2) is 147 Å². The predicted octanol–water partition coefficient (Wildman–Crippen LogP) is 7.50. The Bertz CT molecular complexity index is 2610. The molecule has 3 aliphatic heterocycles. The van der Waals surface area contributed by atoms with Crippen LogP contribution in [0.3, 0.4) is 0 Å². The molecule has 82 heavy (non-hydrogen) atoms. The topological polar surface area (TPSA) is 299 Å². The van der Waals surface area contributed by atoms with Gasteiger partial charge in [0, 0.05) is 75.9 Å². The first kappa shape index (κ1) is 68.5. The van der Waals surface area contributed by atoms with Crippen molar-refractivity contribution in [2.75, 3.05) is 39.1 Å². The average Bonchev–Trinajstić information content (AvgIpc) is 3.37. The SMILES string of the molecule is CO[C@H]1C[C@@H]2CC[C@@H](C)[C@@](O)(O2)C(=O)C(=O)N2CCCC[C@H]2C(=O)O[C@H]([C@H](C)C[C@@H]2CC[C@@H](CC(=O)Nc3ccc(P(=O)(O)CP(=O)(O)O)cc3)[C@H](OC)C2)CC(=O)[C@H](C)/C=C(\C)[C@@H](O)[C@@H](OC)C(=O)[C@H](C)C[C@H](C)/C=C/C=C/C=C/1C. The van der Waals surface area contributed by atoms with E-state index in [2.05, 4.69) is 5.32 Å². The van der Waals surface area contributed by atoms with E-state index in [1.54, 1.807) is 48.0 Å². The van der Waals surface area contributed by atoms with E-state index >= 15 is 0 Å². The van der Waals surface area contributed by atoms with Gasteiger partial charge in [0.25, 0.3) is 11.7 Å². The minimum atomic E-state index is -4.78. The fraction of sp³-hybridized carbons (Fsp3) is 0.667. The van der Waals surface area contributed by atoms with Gasteiger partial charge in [-0.3, -0.25) is 33.1 Å². The molecule has 1 aliphatic carbocycles. The number of esters is 1. The molecule has 5 rings (SSSR count). The summed E-state index contributed by atoms with van der Waals surface area (Å²) in [5.41, 5.74) is 1.50. The number of fused-ring (bicyclic) bond motifs is 3. The van der Waals surface area contributed by atoms with Crippen LogP contribution in [0.4, 0.5) is 5.69 Å². The molecule has 20 nitrogen and oxygen atoms in total. The Morgan fingerprint density at radius 2 is 1.55 bits per heavy atom. The third-order valence-corrected chi connectivity index (χ3v) is 21.1. The van der Waals surface area contributed by atoms with Gasteiger partial charge in [-0.25, -0.2) is 4.79 Å². The van der Waals surface area contributed by atoms with Crippen LogP contribution in [0.1, 0.15) is 132 Å². The van der Waals surface area contributed by atoms with Crippen molar-refractivity contribution in [2.24, 2.45) is 41.4 Å². The Morgan fingerprint density at radius 3 is 2.20 bits per heavy atom. The summed E-state index contributed by atoms with van der Waals surface area (Å²) in [6.07, 6.45) is 10.8. The number of benzene rings is 1. The van der Waals surface area contributed by atoms with Gasteiger partial charge in [-0.15, -0.1) is 0 Å². The number of piperidine rings is 1. The number of aliphatic hydroxyl groups is 2. The lowest BCUT2D eigenvalue weighted by Gasteiger charge is -2.42. The smallest absolute Gasteiger partial charge is 0.335 e. The molecular weight excluding hydrogens is 1100 g/mol. The molecular formula is C60H90N2O18P2. The molecule has 1 aromatic carbocycles. The Labute approximate surface area is 483 Å². The number of Topliss-reactive ketones (excluding diaryl/α,β-unsaturated/α-hetero) is 3. The van der Waals surface area contributed by atoms with Crippen LogP contribution >= 0.6 is 15.0 Å². The zero-order valence-electron chi connectivity index (χ0n) is 49.3. The van der Waals surface area contributed by atoms with E-state index in [-0.39, 0.29) is 78.9 Å². The lowest BCUT2D eigenvalue weighted by Crippen LogP contribution is -2.61. The van der Waals surface area contributed by atoms with Gasteiger partial charge in [-0.2, -0.15) is 0 Å². The molecule has 3 heterocycles. The maximum atomic E-state index is 14.6. The zero-order chi connectivity index (χ0) is 60.9. The number of carbonyl (C=O) groups is 6. The second-order valence-corrected chi connectivity index (χ2v) is 28.0. The fourth-order valence-electron chi connectivity index (χ4n) is 12.0. The van der Waals surface area contributed by atoms with Crippen molar-refractivity contribution >= 4 is 61.1 Å². The molecule has 22 heteroatoms. The summed E-state index contributed by atoms with van der Waals surface area (Å²) < 4.78 is 53.9. The highest BCUT2D eigenvalue weighted by Crippen LogP contribution is 2.54. The summed E-state index contributed by atoms with van der Waals surface area (Å²) in [6.45, 7) is 12.5. The van der Waals surface area contributed by atoms with Crippen LogP contribution in [0.5, 0.6) is 0 Å². The van der Waals surface area contributed by atoms with Gasteiger partial charge in [0.15, 0.2) is 5.78 Å². The Morgan fingerprint density at radius 1 is 0.854 bits per heavy atom. The first-order valence-electron chi connectivity index (χ1n) is 28.8. The lowest BCUT2D eigenvalue weighted by molar-refractivity contribution is -0.265. The van der Waals surface area contributed by atoms with Crippen molar-refractivity contribution in [2.45, 2.75) is 180 Å². The summed E-state index contributed by atoms with van der Waals surface area (Å²) in [5, 5.41) is 26.2. The molecule has 16 atom stereocenters.